The topological polar surface area (TPSA) is 61.3 Å². The summed E-state index contributed by atoms with van der Waals surface area (Å²) in [6.45, 7) is -0.174. The van der Waals surface area contributed by atoms with E-state index in [1.54, 1.807) is 18.2 Å². The van der Waals surface area contributed by atoms with Crippen molar-refractivity contribution in [3.05, 3.63) is 53.9 Å². The van der Waals surface area contributed by atoms with Gasteiger partial charge in [-0.15, -0.1) is 0 Å². The fourth-order valence-electron chi connectivity index (χ4n) is 1.80. The lowest BCUT2D eigenvalue weighted by atomic mass is 10.3. The number of hydrogen-bond acceptors (Lipinski definition) is 4. The number of ether oxygens (including phenoxy) is 1. The number of oxazole rings is 1. The minimum Gasteiger partial charge on any atom is -0.478 e. The number of benzene rings is 2. The number of fused-ring (bicyclic) bond motifs is 1. The van der Waals surface area contributed by atoms with Gasteiger partial charge in [0.05, 0.1) is 0 Å². The van der Waals surface area contributed by atoms with Crippen molar-refractivity contribution in [2.45, 2.75) is 6.61 Å². The molecule has 6 heteroatoms. The van der Waals surface area contributed by atoms with Crippen molar-refractivity contribution in [1.29, 1.82) is 0 Å². The van der Waals surface area contributed by atoms with Gasteiger partial charge in [0.15, 0.2) is 29.6 Å². The molecule has 0 bridgehead atoms. The Morgan fingerprint density at radius 2 is 1.90 bits per heavy atom. The van der Waals surface area contributed by atoms with E-state index in [9.17, 15) is 8.78 Å². The summed E-state index contributed by atoms with van der Waals surface area (Å²) in [5.41, 5.74) is 7.26. The maximum atomic E-state index is 13.4. The van der Waals surface area contributed by atoms with Gasteiger partial charge in [-0.1, -0.05) is 6.07 Å². The first kappa shape index (κ1) is 12.4. The molecule has 2 aromatic carbocycles. The van der Waals surface area contributed by atoms with Crippen LogP contribution in [0.5, 0.6) is 5.75 Å². The van der Waals surface area contributed by atoms with Crippen LogP contribution in [0.25, 0.3) is 11.1 Å². The molecule has 20 heavy (non-hydrogen) atoms. The standard InChI is InChI=1S/C14H10F2N2O2/c15-9-2-1-3-10(16)14(9)19-7-13-18-11-5-4-8(17)6-12(11)20-13/h1-6H,7,17H2. The average Bonchev–Trinajstić information content (AvgIpc) is 2.80. The second-order valence-corrected chi connectivity index (χ2v) is 4.17. The molecule has 0 aliphatic rings. The summed E-state index contributed by atoms with van der Waals surface area (Å²) in [6, 6.07) is 8.50. The second kappa shape index (κ2) is 4.80. The van der Waals surface area contributed by atoms with Gasteiger partial charge in [-0.2, -0.15) is 0 Å². The molecule has 2 N–H and O–H groups in total. The van der Waals surface area contributed by atoms with Crippen LogP contribution >= 0.6 is 0 Å². The van der Waals surface area contributed by atoms with Crippen LogP contribution in [0.15, 0.2) is 40.8 Å². The van der Waals surface area contributed by atoms with Gasteiger partial charge < -0.3 is 14.9 Å². The lowest BCUT2D eigenvalue weighted by molar-refractivity contribution is 0.243. The van der Waals surface area contributed by atoms with Gasteiger partial charge in [0.2, 0.25) is 5.89 Å². The van der Waals surface area contributed by atoms with Crippen molar-refractivity contribution < 1.29 is 17.9 Å². The third kappa shape index (κ3) is 2.27. The normalized spacial score (nSPS) is 10.9. The van der Waals surface area contributed by atoms with Crippen LogP contribution in [0.3, 0.4) is 0 Å². The summed E-state index contributed by atoms with van der Waals surface area (Å²) < 4.78 is 37.2. The molecule has 0 aliphatic heterocycles. The molecule has 4 nitrogen and oxygen atoms in total. The third-order valence-electron chi connectivity index (χ3n) is 2.72. The van der Waals surface area contributed by atoms with Gasteiger partial charge in [0.1, 0.15) is 5.52 Å². The molecule has 0 atom stereocenters. The van der Waals surface area contributed by atoms with Crippen LogP contribution in [-0.4, -0.2) is 4.98 Å². The van der Waals surface area contributed by atoms with Gasteiger partial charge in [-0.3, -0.25) is 0 Å². The largest absolute Gasteiger partial charge is 0.478 e. The van der Waals surface area contributed by atoms with Gasteiger partial charge >= 0.3 is 0 Å². The zero-order valence-electron chi connectivity index (χ0n) is 10.3. The first-order valence-electron chi connectivity index (χ1n) is 5.85. The second-order valence-electron chi connectivity index (χ2n) is 4.17. The Hall–Kier alpha value is -2.63. The quantitative estimate of drug-likeness (QED) is 0.746. The minimum absolute atomic E-state index is 0.174. The first-order valence-corrected chi connectivity index (χ1v) is 5.85. The van der Waals surface area contributed by atoms with Gasteiger partial charge in [0.25, 0.3) is 0 Å². The smallest absolute Gasteiger partial charge is 0.233 e. The highest BCUT2D eigenvalue weighted by atomic mass is 19.1. The first-order chi connectivity index (χ1) is 9.63. The number of anilines is 1. The summed E-state index contributed by atoms with van der Waals surface area (Å²) in [7, 11) is 0. The molecule has 3 aromatic rings. The van der Waals surface area contributed by atoms with Crippen LogP contribution in [-0.2, 0) is 6.61 Å². The van der Waals surface area contributed by atoms with E-state index in [0.717, 1.165) is 12.1 Å². The summed E-state index contributed by atoms with van der Waals surface area (Å²) in [5, 5.41) is 0. The molecule has 0 spiro atoms. The monoisotopic (exact) mass is 276 g/mol. The van der Waals surface area contributed by atoms with Crippen molar-refractivity contribution in [1.82, 2.24) is 4.98 Å². The number of nitrogen functional groups attached to an aromatic ring is 1. The van der Waals surface area contributed by atoms with E-state index >= 15 is 0 Å². The Bertz CT molecular complexity index is 751. The molecular weight excluding hydrogens is 266 g/mol. The zero-order valence-corrected chi connectivity index (χ0v) is 10.3. The fourth-order valence-corrected chi connectivity index (χ4v) is 1.80. The highest BCUT2D eigenvalue weighted by Gasteiger charge is 2.12. The van der Waals surface area contributed by atoms with Crippen molar-refractivity contribution in [3.63, 3.8) is 0 Å². The molecular formula is C14H10F2N2O2. The lowest BCUT2D eigenvalue weighted by Crippen LogP contribution is -1.99. The Kier molecular flexibility index (Phi) is 2.98. The molecule has 0 radical (unpaired) electrons. The molecule has 1 heterocycles. The number of para-hydroxylation sites is 1. The Morgan fingerprint density at radius 3 is 2.65 bits per heavy atom. The van der Waals surface area contributed by atoms with Gasteiger partial charge in [-0.25, -0.2) is 13.8 Å². The minimum atomic E-state index is -0.773. The van der Waals surface area contributed by atoms with E-state index in [0.29, 0.717) is 16.8 Å². The third-order valence-corrected chi connectivity index (χ3v) is 2.72. The fraction of sp³-hybridized carbons (Fsp3) is 0.0714. The molecule has 3 rings (SSSR count). The molecule has 0 saturated heterocycles. The van der Waals surface area contributed by atoms with Crippen LogP contribution < -0.4 is 10.5 Å². The molecule has 0 amide bonds. The zero-order chi connectivity index (χ0) is 14.1. The van der Waals surface area contributed by atoms with Crippen LogP contribution in [0.2, 0.25) is 0 Å². The van der Waals surface area contributed by atoms with Crippen molar-refractivity contribution >= 4 is 16.8 Å². The highest BCUT2D eigenvalue weighted by Crippen LogP contribution is 2.23. The van der Waals surface area contributed by atoms with Crippen LogP contribution in [0.1, 0.15) is 5.89 Å². The molecule has 0 fully saturated rings. The van der Waals surface area contributed by atoms with Crippen molar-refractivity contribution in [2.75, 3.05) is 5.73 Å². The Balaban J connectivity index is 1.83. The summed E-state index contributed by atoms with van der Waals surface area (Å²) >= 11 is 0. The lowest BCUT2D eigenvalue weighted by Gasteiger charge is -2.05. The van der Waals surface area contributed by atoms with E-state index in [1.807, 2.05) is 0 Å². The van der Waals surface area contributed by atoms with Gasteiger partial charge in [0, 0.05) is 11.8 Å². The van der Waals surface area contributed by atoms with Crippen molar-refractivity contribution in [2.24, 2.45) is 0 Å². The van der Waals surface area contributed by atoms with E-state index in [2.05, 4.69) is 4.98 Å². The Labute approximate surface area is 112 Å². The number of rotatable bonds is 3. The van der Waals surface area contributed by atoms with E-state index in [1.165, 1.54) is 6.07 Å². The number of halogens is 2. The average molecular weight is 276 g/mol. The number of nitrogens with zero attached hydrogens (tertiary/aromatic N) is 1. The number of hydrogen-bond donors (Lipinski definition) is 1. The molecule has 0 saturated carbocycles. The summed E-state index contributed by atoms with van der Waals surface area (Å²) in [6.07, 6.45) is 0. The molecule has 1 aromatic heterocycles. The van der Waals surface area contributed by atoms with E-state index in [-0.39, 0.29) is 12.5 Å². The summed E-state index contributed by atoms with van der Waals surface area (Å²) in [5.74, 6) is -1.78. The number of aromatic nitrogens is 1. The summed E-state index contributed by atoms with van der Waals surface area (Å²) in [4.78, 5) is 4.14. The van der Waals surface area contributed by atoms with Crippen LogP contribution in [0, 0.1) is 11.6 Å². The predicted molar refractivity (Wildman–Crippen MR) is 69.1 cm³/mol. The maximum Gasteiger partial charge on any atom is 0.233 e. The molecule has 102 valence electrons. The van der Waals surface area contributed by atoms with Gasteiger partial charge in [-0.05, 0) is 24.3 Å². The highest BCUT2D eigenvalue weighted by molar-refractivity contribution is 5.76. The predicted octanol–water partition coefficient (Wildman–Crippen LogP) is 3.27. The molecule has 0 aliphatic carbocycles. The van der Waals surface area contributed by atoms with Crippen LogP contribution in [0.4, 0.5) is 14.5 Å². The van der Waals surface area contributed by atoms with E-state index in [4.69, 9.17) is 14.9 Å². The molecule has 0 unspecified atom stereocenters. The van der Waals surface area contributed by atoms with Crippen molar-refractivity contribution in [3.8, 4) is 5.75 Å². The van der Waals surface area contributed by atoms with E-state index < -0.39 is 17.4 Å². The maximum absolute atomic E-state index is 13.4. The number of nitrogens with two attached hydrogens (primary N) is 1. The SMILES string of the molecule is Nc1ccc2nc(COc3c(F)cccc3F)oc2c1. The Morgan fingerprint density at radius 1 is 1.15 bits per heavy atom.